The van der Waals surface area contributed by atoms with E-state index in [1.54, 1.807) is 17.7 Å². The summed E-state index contributed by atoms with van der Waals surface area (Å²) in [6, 6.07) is 16.9. The topological polar surface area (TPSA) is 71.3 Å². The minimum absolute atomic E-state index is 0.157. The molecule has 1 fully saturated rings. The van der Waals surface area contributed by atoms with Crippen LogP contribution in [0.3, 0.4) is 0 Å². The van der Waals surface area contributed by atoms with Crippen LogP contribution in [0.1, 0.15) is 36.9 Å². The summed E-state index contributed by atoms with van der Waals surface area (Å²) in [4.78, 5) is 18.5. The van der Waals surface area contributed by atoms with Gasteiger partial charge in [0.25, 0.3) is 5.56 Å². The van der Waals surface area contributed by atoms with Gasteiger partial charge in [-0.2, -0.15) is 0 Å². The highest BCUT2D eigenvalue weighted by molar-refractivity contribution is 5.82. The molecule has 6 rings (SSSR count). The largest absolute Gasteiger partial charge is 0.493 e. The number of nitrogens with zero attached hydrogens (tertiary/aromatic N) is 2. The average molecular weight is 497 g/mol. The van der Waals surface area contributed by atoms with Crippen molar-refractivity contribution in [3.63, 3.8) is 0 Å². The number of hydrogen-bond donors (Lipinski definition) is 0. The number of ether oxygens (including phenoxy) is 4. The summed E-state index contributed by atoms with van der Waals surface area (Å²) >= 11 is 0. The van der Waals surface area contributed by atoms with Crippen LogP contribution < -0.4 is 24.5 Å². The van der Waals surface area contributed by atoms with Gasteiger partial charge in [-0.3, -0.25) is 9.20 Å². The lowest BCUT2D eigenvalue weighted by molar-refractivity contribution is 0.171. The van der Waals surface area contributed by atoms with E-state index in [1.807, 2.05) is 66.7 Å². The van der Waals surface area contributed by atoms with Crippen LogP contribution in [0, 0.1) is 0 Å². The van der Waals surface area contributed by atoms with Crippen molar-refractivity contribution in [2.75, 3.05) is 20.3 Å². The van der Waals surface area contributed by atoms with Crippen LogP contribution in [-0.4, -0.2) is 35.8 Å². The number of para-hydroxylation sites is 1. The number of methoxy groups -OCH3 is 1. The minimum Gasteiger partial charge on any atom is -0.493 e. The van der Waals surface area contributed by atoms with Crippen LogP contribution in [0.25, 0.3) is 28.9 Å². The minimum atomic E-state index is -0.157. The molecule has 0 N–H and O–H groups in total. The van der Waals surface area contributed by atoms with Crippen molar-refractivity contribution in [1.82, 2.24) is 9.38 Å². The van der Waals surface area contributed by atoms with Gasteiger partial charge in [0.1, 0.15) is 18.9 Å². The molecule has 1 saturated carbocycles. The Bertz CT molecular complexity index is 1540. The zero-order valence-corrected chi connectivity index (χ0v) is 20.7. The van der Waals surface area contributed by atoms with E-state index in [-0.39, 0.29) is 11.7 Å². The van der Waals surface area contributed by atoms with Crippen LogP contribution in [0.15, 0.2) is 65.6 Å². The van der Waals surface area contributed by atoms with Gasteiger partial charge in [-0.1, -0.05) is 24.3 Å². The number of hydrogen-bond acceptors (Lipinski definition) is 6. The third kappa shape index (κ3) is 4.53. The first-order valence-electron chi connectivity index (χ1n) is 12.6. The highest BCUT2D eigenvalue weighted by Crippen LogP contribution is 2.37. The molecule has 0 spiro atoms. The van der Waals surface area contributed by atoms with Crippen molar-refractivity contribution in [1.29, 1.82) is 0 Å². The molecule has 0 amide bonds. The molecular weight excluding hydrogens is 468 g/mol. The monoisotopic (exact) mass is 496 g/mol. The normalized spacial score (nSPS) is 15.4. The summed E-state index contributed by atoms with van der Waals surface area (Å²) < 4.78 is 25.0. The number of benzene rings is 2. The summed E-state index contributed by atoms with van der Waals surface area (Å²) in [5, 5.41) is 0. The second-order valence-electron chi connectivity index (χ2n) is 9.20. The molecule has 7 heteroatoms. The Morgan fingerprint density at radius 1 is 0.973 bits per heavy atom. The van der Waals surface area contributed by atoms with Crippen LogP contribution in [0.2, 0.25) is 0 Å². The first kappa shape index (κ1) is 23.2. The highest BCUT2D eigenvalue weighted by Gasteiger charge is 2.21. The average Bonchev–Trinajstić information content (AvgIpc) is 3.45. The Labute approximate surface area is 214 Å². The zero-order valence-electron chi connectivity index (χ0n) is 20.7. The quantitative estimate of drug-likeness (QED) is 0.344. The second-order valence-corrected chi connectivity index (χ2v) is 9.20. The fourth-order valence-electron chi connectivity index (χ4n) is 4.99. The van der Waals surface area contributed by atoms with Crippen molar-refractivity contribution in [2.24, 2.45) is 0 Å². The summed E-state index contributed by atoms with van der Waals surface area (Å²) in [5.74, 6) is 2.70. The lowest BCUT2D eigenvalue weighted by Gasteiger charge is -2.19. The molecule has 0 bridgehead atoms. The van der Waals surface area contributed by atoms with Gasteiger partial charge in [-0.05, 0) is 73.7 Å². The lowest BCUT2D eigenvalue weighted by Crippen LogP contribution is -2.19. The van der Waals surface area contributed by atoms with Crippen LogP contribution in [0.5, 0.6) is 23.0 Å². The van der Waals surface area contributed by atoms with Gasteiger partial charge in [0, 0.05) is 11.8 Å². The standard InChI is InChI=1S/C30H28N2O5/c1-34-25-10-6-7-20(29(25)37-22-8-2-3-9-22)12-14-23-28(30(33)32-16-5-4-11-27(32)31-23)21-13-15-24-26(19-21)36-18-17-35-24/h4-7,10-16,19,22H,2-3,8-9,17-18H2,1H3/b14-12+. The molecule has 2 aliphatic rings. The fourth-order valence-corrected chi connectivity index (χ4v) is 4.99. The number of fused-ring (bicyclic) bond motifs is 2. The predicted octanol–water partition coefficient (Wildman–Crippen LogP) is 5.63. The maximum atomic E-state index is 13.7. The molecule has 2 aromatic heterocycles. The van der Waals surface area contributed by atoms with Crippen LogP contribution >= 0.6 is 0 Å². The zero-order chi connectivity index (χ0) is 25.2. The molecule has 1 aliphatic heterocycles. The highest BCUT2D eigenvalue weighted by atomic mass is 16.6. The van der Waals surface area contributed by atoms with Crippen molar-refractivity contribution in [2.45, 2.75) is 31.8 Å². The predicted molar refractivity (Wildman–Crippen MR) is 143 cm³/mol. The first-order chi connectivity index (χ1) is 18.2. The molecule has 188 valence electrons. The van der Waals surface area contributed by atoms with Crippen molar-refractivity contribution in [3.05, 3.63) is 82.4 Å². The Morgan fingerprint density at radius 3 is 2.65 bits per heavy atom. The molecule has 1 aliphatic carbocycles. The van der Waals surface area contributed by atoms with E-state index in [2.05, 4.69) is 0 Å². The molecular formula is C30H28N2O5. The van der Waals surface area contributed by atoms with E-state index in [0.29, 0.717) is 58.7 Å². The van der Waals surface area contributed by atoms with Crippen molar-refractivity contribution < 1.29 is 18.9 Å². The van der Waals surface area contributed by atoms with Gasteiger partial charge in [0.2, 0.25) is 0 Å². The molecule has 0 radical (unpaired) electrons. The van der Waals surface area contributed by atoms with Gasteiger partial charge in [0.05, 0.1) is 24.5 Å². The van der Waals surface area contributed by atoms with E-state index < -0.39 is 0 Å². The van der Waals surface area contributed by atoms with Gasteiger partial charge in [-0.25, -0.2) is 4.98 Å². The van der Waals surface area contributed by atoms with Gasteiger partial charge < -0.3 is 18.9 Å². The summed E-state index contributed by atoms with van der Waals surface area (Å²) in [6.45, 7) is 0.976. The molecule has 0 unspecified atom stereocenters. The van der Waals surface area contributed by atoms with E-state index in [4.69, 9.17) is 23.9 Å². The third-order valence-electron chi connectivity index (χ3n) is 6.83. The van der Waals surface area contributed by atoms with Gasteiger partial charge in [-0.15, -0.1) is 0 Å². The summed E-state index contributed by atoms with van der Waals surface area (Å²) in [5.41, 5.74) is 3.04. The maximum absolute atomic E-state index is 13.7. The van der Waals surface area contributed by atoms with E-state index in [1.165, 1.54) is 12.8 Å². The fraction of sp³-hybridized carbons (Fsp3) is 0.267. The molecule has 4 aromatic rings. The number of pyridine rings is 1. The summed E-state index contributed by atoms with van der Waals surface area (Å²) in [6.07, 6.45) is 10.2. The molecule has 0 atom stereocenters. The van der Waals surface area contributed by atoms with E-state index in [9.17, 15) is 4.79 Å². The molecule has 3 heterocycles. The van der Waals surface area contributed by atoms with E-state index in [0.717, 1.165) is 18.4 Å². The molecule has 37 heavy (non-hydrogen) atoms. The lowest BCUT2D eigenvalue weighted by atomic mass is 10.0. The number of aromatic nitrogens is 2. The molecule has 0 saturated heterocycles. The Kier molecular flexibility index (Phi) is 6.26. The Balaban J connectivity index is 1.47. The maximum Gasteiger partial charge on any atom is 0.266 e. The van der Waals surface area contributed by atoms with Gasteiger partial charge >= 0.3 is 0 Å². The summed E-state index contributed by atoms with van der Waals surface area (Å²) in [7, 11) is 1.65. The van der Waals surface area contributed by atoms with Crippen molar-refractivity contribution in [3.8, 4) is 34.1 Å². The van der Waals surface area contributed by atoms with Crippen molar-refractivity contribution >= 4 is 17.8 Å². The smallest absolute Gasteiger partial charge is 0.266 e. The SMILES string of the molecule is COc1cccc(/C=C/c2nc3ccccn3c(=O)c2-c2ccc3c(c2)OCCO3)c1OC1CCCC1. The van der Waals surface area contributed by atoms with Gasteiger partial charge in [0.15, 0.2) is 23.0 Å². The number of rotatable bonds is 6. The van der Waals surface area contributed by atoms with E-state index >= 15 is 0 Å². The first-order valence-corrected chi connectivity index (χ1v) is 12.6. The Morgan fingerprint density at radius 2 is 1.81 bits per heavy atom. The molecule has 7 nitrogen and oxygen atoms in total. The van der Waals surface area contributed by atoms with Crippen LogP contribution in [-0.2, 0) is 0 Å². The molecule has 2 aromatic carbocycles. The second kappa shape index (κ2) is 10.0. The Hall–Kier alpha value is -4.26. The third-order valence-corrected chi connectivity index (χ3v) is 6.83. The van der Waals surface area contributed by atoms with Crippen LogP contribution in [0.4, 0.5) is 0 Å².